The maximum Gasteiger partial charge on any atom is 0.263 e. The molecule has 2 aromatic rings. The Morgan fingerprint density at radius 1 is 1.31 bits per heavy atom. The standard InChI is InChI=1S/C18H23ClN4O3/c1-13-5-3-8-23-17(13)20-16(19)14(18(23)25)11-21-6-4-7-22(10-9-21)15(24)12-26-2/h3,5,8H,4,6-7,9-12H2,1-2H3. The summed E-state index contributed by atoms with van der Waals surface area (Å²) in [4.78, 5) is 33.2. The number of amides is 1. The number of pyridine rings is 1. The summed E-state index contributed by atoms with van der Waals surface area (Å²) >= 11 is 6.33. The smallest absolute Gasteiger partial charge is 0.263 e. The Morgan fingerprint density at radius 2 is 2.12 bits per heavy atom. The van der Waals surface area contributed by atoms with Crippen LogP contribution in [0.2, 0.25) is 5.15 Å². The fraction of sp³-hybridized carbons (Fsp3) is 0.500. The van der Waals surface area contributed by atoms with E-state index < -0.39 is 0 Å². The summed E-state index contributed by atoms with van der Waals surface area (Å²) in [6, 6.07) is 3.73. The molecule has 8 heteroatoms. The molecule has 1 amide bonds. The summed E-state index contributed by atoms with van der Waals surface area (Å²) in [5, 5.41) is 0.251. The van der Waals surface area contributed by atoms with Gasteiger partial charge in [0.1, 0.15) is 17.4 Å². The van der Waals surface area contributed by atoms with E-state index in [1.807, 2.05) is 19.1 Å². The van der Waals surface area contributed by atoms with Crippen molar-refractivity contribution in [3.63, 3.8) is 0 Å². The summed E-state index contributed by atoms with van der Waals surface area (Å²) in [6.07, 6.45) is 2.56. The van der Waals surface area contributed by atoms with E-state index in [4.69, 9.17) is 16.3 Å². The van der Waals surface area contributed by atoms with Gasteiger partial charge in [0, 0.05) is 46.0 Å². The van der Waals surface area contributed by atoms with Crippen LogP contribution in [0.15, 0.2) is 23.1 Å². The molecule has 0 saturated carbocycles. The van der Waals surface area contributed by atoms with Crippen LogP contribution < -0.4 is 5.56 Å². The summed E-state index contributed by atoms with van der Waals surface area (Å²) in [5.41, 5.74) is 1.84. The molecule has 140 valence electrons. The molecule has 0 aromatic carbocycles. The number of halogens is 1. The summed E-state index contributed by atoms with van der Waals surface area (Å²) in [6.45, 7) is 5.21. The summed E-state index contributed by atoms with van der Waals surface area (Å²) in [5.74, 6) is -0.00435. The fourth-order valence-corrected chi connectivity index (χ4v) is 3.48. The fourth-order valence-electron chi connectivity index (χ4n) is 3.26. The Hall–Kier alpha value is -1.96. The van der Waals surface area contributed by atoms with Crippen LogP contribution in [-0.2, 0) is 16.1 Å². The van der Waals surface area contributed by atoms with E-state index in [2.05, 4.69) is 9.88 Å². The van der Waals surface area contributed by atoms with Crippen LogP contribution in [0.4, 0.5) is 0 Å². The molecule has 0 atom stereocenters. The van der Waals surface area contributed by atoms with E-state index in [1.54, 1.807) is 15.5 Å². The van der Waals surface area contributed by atoms with Crippen molar-refractivity contribution in [1.29, 1.82) is 0 Å². The lowest BCUT2D eigenvalue weighted by atomic mass is 10.2. The van der Waals surface area contributed by atoms with Crippen molar-refractivity contribution in [2.24, 2.45) is 0 Å². The van der Waals surface area contributed by atoms with Gasteiger partial charge in [0.25, 0.3) is 5.56 Å². The number of hydrogen-bond donors (Lipinski definition) is 0. The highest BCUT2D eigenvalue weighted by molar-refractivity contribution is 6.30. The number of ether oxygens (including phenoxy) is 1. The second-order valence-corrected chi connectivity index (χ2v) is 6.87. The molecule has 0 bridgehead atoms. The minimum atomic E-state index is -0.139. The predicted octanol–water partition coefficient (Wildman–Crippen LogP) is 1.34. The lowest BCUT2D eigenvalue weighted by Gasteiger charge is -2.22. The van der Waals surface area contributed by atoms with E-state index in [-0.39, 0.29) is 23.2 Å². The molecule has 7 nitrogen and oxygen atoms in total. The molecule has 3 rings (SSSR count). The van der Waals surface area contributed by atoms with E-state index >= 15 is 0 Å². The van der Waals surface area contributed by atoms with Crippen molar-refractivity contribution in [3.8, 4) is 0 Å². The van der Waals surface area contributed by atoms with E-state index in [0.29, 0.717) is 37.4 Å². The van der Waals surface area contributed by atoms with Crippen molar-refractivity contribution >= 4 is 23.2 Å². The third kappa shape index (κ3) is 3.90. The number of aromatic nitrogens is 2. The van der Waals surface area contributed by atoms with Crippen LogP contribution in [-0.4, -0.2) is 65.0 Å². The normalized spacial score (nSPS) is 16.0. The van der Waals surface area contributed by atoms with E-state index in [1.165, 1.54) is 7.11 Å². The molecule has 1 fully saturated rings. The Bertz CT molecular complexity index is 867. The van der Waals surface area contributed by atoms with Gasteiger partial charge in [-0.2, -0.15) is 0 Å². The SMILES string of the molecule is COCC(=O)N1CCCN(Cc2c(Cl)nc3c(C)cccn3c2=O)CC1. The Labute approximate surface area is 157 Å². The monoisotopic (exact) mass is 378 g/mol. The van der Waals surface area contributed by atoms with Crippen molar-refractivity contribution in [3.05, 3.63) is 45.0 Å². The molecular weight excluding hydrogens is 356 g/mol. The first kappa shape index (κ1) is 18.8. The minimum Gasteiger partial charge on any atom is -0.375 e. The van der Waals surface area contributed by atoms with Gasteiger partial charge in [-0.1, -0.05) is 17.7 Å². The first-order valence-corrected chi connectivity index (χ1v) is 9.04. The number of methoxy groups -OCH3 is 1. The molecule has 1 aliphatic heterocycles. The second kappa shape index (κ2) is 8.16. The molecule has 0 radical (unpaired) electrons. The zero-order valence-electron chi connectivity index (χ0n) is 15.1. The van der Waals surface area contributed by atoms with Gasteiger partial charge < -0.3 is 9.64 Å². The van der Waals surface area contributed by atoms with E-state index in [9.17, 15) is 9.59 Å². The topological polar surface area (TPSA) is 67.2 Å². The molecule has 2 aromatic heterocycles. The molecule has 3 heterocycles. The lowest BCUT2D eigenvalue weighted by Crippen LogP contribution is -2.37. The van der Waals surface area contributed by atoms with Crippen molar-refractivity contribution in [2.45, 2.75) is 19.9 Å². The molecule has 26 heavy (non-hydrogen) atoms. The van der Waals surface area contributed by atoms with Crippen molar-refractivity contribution < 1.29 is 9.53 Å². The van der Waals surface area contributed by atoms with Gasteiger partial charge >= 0.3 is 0 Å². The number of hydrogen-bond acceptors (Lipinski definition) is 5. The van der Waals surface area contributed by atoms with Crippen molar-refractivity contribution in [2.75, 3.05) is 39.9 Å². The quantitative estimate of drug-likeness (QED) is 0.751. The molecule has 0 N–H and O–H groups in total. The van der Waals surface area contributed by atoms with Crippen LogP contribution >= 0.6 is 11.6 Å². The number of rotatable bonds is 4. The van der Waals surface area contributed by atoms with Crippen LogP contribution in [0.1, 0.15) is 17.5 Å². The first-order valence-electron chi connectivity index (χ1n) is 8.66. The van der Waals surface area contributed by atoms with Crippen molar-refractivity contribution in [1.82, 2.24) is 19.2 Å². The molecule has 0 unspecified atom stereocenters. The van der Waals surface area contributed by atoms with Gasteiger partial charge in [0.15, 0.2) is 0 Å². The molecule has 0 aliphatic carbocycles. The number of carbonyl (C=O) groups is 1. The molecule has 1 aliphatic rings. The number of nitrogens with zero attached hydrogens (tertiary/aromatic N) is 4. The largest absolute Gasteiger partial charge is 0.375 e. The third-order valence-electron chi connectivity index (χ3n) is 4.68. The van der Waals surface area contributed by atoms with Gasteiger partial charge in [-0.3, -0.25) is 18.9 Å². The third-order valence-corrected chi connectivity index (χ3v) is 5.00. The highest BCUT2D eigenvalue weighted by Gasteiger charge is 2.21. The van der Waals surface area contributed by atoms with E-state index in [0.717, 1.165) is 18.5 Å². The maximum absolute atomic E-state index is 12.8. The van der Waals surface area contributed by atoms with Gasteiger partial charge in [0.2, 0.25) is 5.91 Å². The zero-order chi connectivity index (χ0) is 18.7. The predicted molar refractivity (Wildman–Crippen MR) is 99.6 cm³/mol. The molecule has 0 spiro atoms. The Balaban J connectivity index is 1.79. The van der Waals surface area contributed by atoms with Crippen LogP contribution in [0.25, 0.3) is 5.65 Å². The number of fused-ring (bicyclic) bond motifs is 1. The van der Waals surface area contributed by atoms with Gasteiger partial charge in [-0.15, -0.1) is 0 Å². The highest BCUT2D eigenvalue weighted by Crippen LogP contribution is 2.16. The minimum absolute atomic E-state index is 0.00435. The second-order valence-electron chi connectivity index (χ2n) is 6.51. The highest BCUT2D eigenvalue weighted by atomic mass is 35.5. The van der Waals surface area contributed by atoms with Gasteiger partial charge in [0.05, 0.1) is 5.56 Å². The van der Waals surface area contributed by atoms with Crippen LogP contribution in [0.3, 0.4) is 0 Å². The average molecular weight is 379 g/mol. The lowest BCUT2D eigenvalue weighted by molar-refractivity contribution is -0.135. The Morgan fingerprint density at radius 3 is 2.88 bits per heavy atom. The number of aryl methyl sites for hydroxylation is 1. The Kier molecular flexibility index (Phi) is 5.90. The molecule has 1 saturated heterocycles. The average Bonchev–Trinajstić information content (AvgIpc) is 2.85. The van der Waals surface area contributed by atoms with Gasteiger partial charge in [-0.25, -0.2) is 4.98 Å². The first-order chi connectivity index (χ1) is 12.5. The summed E-state index contributed by atoms with van der Waals surface area (Å²) in [7, 11) is 1.52. The van der Waals surface area contributed by atoms with Gasteiger partial charge in [-0.05, 0) is 25.0 Å². The van der Waals surface area contributed by atoms with Crippen LogP contribution in [0.5, 0.6) is 0 Å². The maximum atomic E-state index is 12.8. The molecular formula is C18H23ClN4O3. The summed E-state index contributed by atoms with van der Waals surface area (Å²) < 4.78 is 6.47. The van der Waals surface area contributed by atoms with Crippen LogP contribution in [0, 0.1) is 6.92 Å². The number of carbonyl (C=O) groups excluding carboxylic acids is 1. The zero-order valence-corrected chi connectivity index (χ0v) is 15.8.